The number of hydrogen-bond acceptors (Lipinski definition) is 5. The van der Waals surface area contributed by atoms with Crippen LogP contribution < -0.4 is 9.64 Å². The number of benzene rings is 1. The van der Waals surface area contributed by atoms with Crippen LogP contribution in [0.25, 0.3) is 0 Å². The van der Waals surface area contributed by atoms with Gasteiger partial charge in [-0.1, -0.05) is 31.0 Å². The summed E-state index contributed by atoms with van der Waals surface area (Å²) in [5.41, 5.74) is 3.53. The van der Waals surface area contributed by atoms with Gasteiger partial charge in [0.2, 0.25) is 5.91 Å². The molecule has 6 nitrogen and oxygen atoms in total. The van der Waals surface area contributed by atoms with E-state index in [1.165, 1.54) is 43.5 Å². The van der Waals surface area contributed by atoms with Crippen LogP contribution in [-0.4, -0.2) is 59.4 Å². The number of anilines is 1. The first kappa shape index (κ1) is 22.1. The molecule has 0 bridgehead atoms. The number of imidazole rings is 1. The molecule has 0 spiro atoms. The molecule has 1 amide bonds. The second-order valence-electron chi connectivity index (χ2n) is 8.58. The number of rotatable bonds is 6. The average Bonchev–Trinajstić information content (AvgIpc) is 3.11. The molecule has 1 aromatic carbocycles. The van der Waals surface area contributed by atoms with E-state index in [1.807, 2.05) is 17.0 Å². The van der Waals surface area contributed by atoms with Crippen molar-refractivity contribution in [3.8, 4) is 5.75 Å². The van der Waals surface area contributed by atoms with E-state index in [0.29, 0.717) is 11.8 Å². The number of carbonyl (C=O) groups excluding carboxylic acids is 1. The maximum atomic E-state index is 12.9. The lowest BCUT2D eigenvalue weighted by molar-refractivity contribution is -0.128. The molecule has 168 valence electrons. The normalized spacial score (nSPS) is 17.8. The molecule has 1 saturated heterocycles. The quantitative estimate of drug-likeness (QED) is 0.619. The highest BCUT2D eigenvalue weighted by atomic mass is 32.2. The van der Waals surface area contributed by atoms with E-state index in [1.54, 1.807) is 18.9 Å². The maximum Gasteiger partial charge on any atom is 0.233 e. The lowest BCUT2D eigenvalue weighted by atomic mass is 9.95. The van der Waals surface area contributed by atoms with E-state index >= 15 is 0 Å². The van der Waals surface area contributed by atoms with E-state index < -0.39 is 0 Å². The summed E-state index contributed by atoms with van der Waals surface area (Å²) in [6.45, 7) is 7.50. The Morgan fingerprint density at radius 2 is 1.74 bits per heavy atom. The second-order valence-corrected chi connectivity index (χ2v) is 9.52. The van der Waals surface area contributed by atoms with E-state index in [0.717, 1.165) is 42.8 Å². The summed E-state index contributed by atoms with van der Waals surface area (Å²) >= 11 is 1.61. The molecule has 2 fully saturated rings. The summed E-state index contributed by atoms with van der Waals surface area (Å²) in [6, 6.07) is 8.69. The van der Waals surface area contributed by atoms with Crippen LogP contribution >= 0.6 is 11.8 Å². The molecule has 7 heteroatoms. The van der Waals surface area contributed by atoms with Crippen LogP contribution in [0.1, 0.15) is 49.5 Å². The third-order valence-electron chi connectivity index (χ3n) is 6.69. The topological polar surface area (TPSA) is 50.6 Å². The smallest absolute Gasteiger partial charge is 0.233 e. The SMILES string of the molecule is COc1ccc(N2CCN(C(=O)CSc3nc(C)c(C)n3C3CCCCC3)CC2)cc1. The summed E-state index contributed by atoms with van der Waals surface area (Å²) in [6.07, 6.45) is 6.38. The predicted octanol–water partition coefficient (Wildman–Crippen LogP) is 4.45. The summed E-state index contributed by atoms with van der Waals surface area (Å²) in [4.78, 5) is 22.0. The zero-order valence-electron chi connectivity index (χ0n) is 19.0. The van der Waals surface area contributed by atoms with Crippen molar-refractivity contribution in [2.45, 2.75) is 57.1 Å². The Kier molecular flexibility index (Phi) is 7.10. The molecule has 0 atom stereocenters. The number of methoxy groups -OCH3 is 1. The standard InChI is InChI=1S/C24H34N4O2S/c1-18-19(2)28(21-7-5-4-6-8-21)24(25-18)31-17-23(29)27-15-13-26(14-16-27)20-9-11-22(30-3)12-10-20/h9-12,21H,4-8,13-17H2,1-3H3. The number of hydrogen-bond donors (Lipinski definition) is 0. The van der Waals surface area contributed by atoms with Gasteiger partial charge >= 0.3 is 0 Å². The van der Waals surface area contributed by atoms with Crippen LogP contribution in [0.5, 0.6) is 5.75 Å². The number of nitrogens with zero attached hydrogens (tertiary/aromatic N) is 4. The monoisotopic (exact) mass is 442 g/mol. The molecule has 0 N–H and O–H groups in total. The first-order valence-corrected chi connectivity index (χ1v) is 12.4. The number of ether oxygens (including phenoxy) is 1. The Morgan fingerprint density at radius 1 is 1.06 bits per heavy atom. The van der Waals surface area contributed by atoms with Gasteiger partial charge in [-0.25, -0.2) is 4.98 Å². The number of carbonyl (C=O) groups is 1. The lowest BCUT2D eigenvalue weighted by Crippen LogP contribution is -2.49. The van der Waals surface area contributed by atoms with Gasteiger partial charge in [-0.3, -0.25) is 4.79 Å². The van der Waals surface area contributed by atoms with E-state index in [-0.39, 0.29) is 5.91 Å². The molecule has 4 rings (SSSR count). The van der Waals surface area contributed by atoms with Gasteiger partial charge in [0.1, 0.15) is 5.75 Å². The highest BCUT2D eigenvalue weighted by Crippen LogP contribution is 2.34. The molecule has 0 radical (unpaired) electrons. The van der Waals surface area contributed by atoms with Crippen molar-refractivity contribution < 1.29 is 9.53 Å². The van der Waals surface area contributed by atoms with E-state index in [9.17, 15) is 4.79 Å². The molecule has 1 aliphatic heterocycles. The van der Waals surface area contributed by atoms with Crippen molar-refractivity contribution in [2.75, 3.05) is 43.9 Å². The van der Waals surface area contributed by atoms with Crippen molar-refractivity contribution in [1.82, 2.24) is 14.5 Å². The zero-order chi connectivity index (χ0) is 21.8. The fraction of sp³-hybridized carbons (Fsp3) is 0.583. The zero-order valence-corrected chi connectivity index (χ0v) is 19.8. The third kappa shape index (κ3) is 5.03. The van der Waals surface area contributed by atoms with Gasteiger partial charge in [0.25, 0.3) is 0 Å². The molecular weight excluding hydrogens is 408 g/mol. The van der Waals surface area contributed by atoms with Crippen molar-refractivity contribution in [2.24, 2.45) is 0 Å². The summed E-state index contributed by atoms with van der Waals surface area (Å²) < 4.78 is 7.65. The average molecular weight is 443 g/mol. The van der Waals surface area contributed by atoms with Crippen LogP contribution in [0.15, 0.2) is 29.4 Å². The van der Waals surface area contributed by atoms with Gasteiger partial charge in [-0.15, -0.1) is 0 Å². The molecule has 1 aromatic heterocycles. The second kappa shape index (κ2) is 9.98. The number of amides is 1. The van der Waals surface area contributed by atoms with Crippen molar-refractivity contribution in [3.63, 3.8) is 0 Å². The van der Waals surface area contributed by atoms with Crippen LogP contribution in [-0.2, 0) is 4.79 Å². The molecular formula is C24H34N4O2S. The molecule has 1 aliphatic carbocycles. The van der Waals surface area contributed by atoms with Crippen molar-refractivity contribution in [1.29, 1.82) is 0 Å². The van der Waals surface area contributed by atoms with Gasteiger partial charge in [0.05, 0.1) is 18.6 Å². The highest BCUT2D eigenvalue weighted by Gasteiger charge is 2.25. The summed E-state index contributed by atoms with van der Waals surface area (Å²) in [5, 5.41) is 1.02. The van der Waals surface area contributed by atoms with Crippen molar-refractivity contribution in [3.05, 3.63) is 35.7 Å². The minimum absolute atomic E-state index is 0.216. The molecule has 0 unspecified atom stereocenters. The van der Waals surface area contributed by atoms with Crippen LogP contribution in [0, 0.1) is 13.8 Å². The molecule has 31 heavy (non-hydrogen) atoms. The van der Waals surface area contributed by atoms with Gasteiger partial charge < -0.3 is 19.1 Å². The lowest BCUT2D eigenvalue weighted by Gasteiger charge is -2.36. The predicted molar refractivity (Wildman–Crippen MR) is 126 cm³/mol. The Labute approximate surface area is 190 Å². The number of piperazine rings is 1. The molecule has 2 aromatic rings. The van der Waals surface area contributed by atoms with Gasteiger partial charge in [0.15, 0.2) is 5.16 Å². The Bertz CT molecular complexity index is 882. The van der Waals surface area contributed by atoms with Crippen molar-refractivity contribution >= 4 is 23.4 Å². The van der Waals surface area contributed by atoms with E-state index in [2.05, 4.69) is 35.4 Å². The van der Waals surface area contributed by atoms with Gasteiger partial charge in [-0.05, 0) is 51.0 Å². The maximum absolute atomic E-state index is 12.9. The Hall–Kier alpha value is -2.15. The number of aromatic nitrogens is 2. The first-order chi connectivity index (χ1) is 15.1. The Balaban J connectivity index is 1.32. The largest absolute Gasteiger partial charge is 0.497 e. The Morgan fingerprint density at radius 3 is 2.39 bits per heavy atom. The fourth-order valence-corrected chi connectivity index (χ4v) is 5.75. The first-order valence-electron chi connectivity index (χ1n) is 11.4. The fourth-order valence-electron chi connectivity index (χ4n) is 4.69. The minimum atomic E-state index is 0.216. The van der Waals surface area contributed by atoms with E-state index in [4.69, 9.17) is 9.72 Å². The van der Waals surface area contributed by atoms with Crippen LogP contribution in [0.2, 0.25) is 0 Å². The molecule has 2 aliphatic rings. The van der Waals surface area contributed by atoms with Gasteiger partial charge in [-0.2, -0.15) is 0 Å². The number of aryl methyl sites for hydroxylation is 1. The summed E-state index contributed by atoms with van der Waals surface area (Å²) in [5.74, 6) is 1.55. The van der Waals surface area contributed by atoms with Crippen LogP contribution in [0.4, 0.5) is 5.69 Å². The number of thioether (sulfide) groups is 1. The summed E-state index contributed by atoms with van der Waals surface area (Å²) in [7, 11) is 1.68. The molecule has 2 heterocycles. The van der Waals surface area contributed by atoms with Crippen LogP contribution in [0.3, 0.4) is 0 Å². The highest BCUT2D eigenvalue weighted by molar-refractivity contribution is 7.99. The van der Waals surface area contributed by atoms with Gasteiger partial charge in [0, 0.05) is 43.6 Å². The third-order valence-corrected chi connectivity index (χ3v) is 7.63. The minimum Gasteiger partial charge on any atom is -0.497 e. The molecule has 1 saturated carbocycles.